The number of carbonyl (C=O) groups is 3. The van der Waals surface area contributed by atoms with Crippen LogP contribution in [0.3, 0.4) is 0 Å². The van der Waals surface area contributed by atoms with Crippen molar-refractivity contribution in [3.8, 4) is 0 Å². The smallest absolute Gasteiger partial charge is 0.220 e. The van der Waals surface area contributed by atoms with Crippen molar-refractivity contribution in [2.75, 3.05) is 6.54 Å². The molecule has 0 fully saturated rings. The average Bonchev–Trinajstić information content (AvgIpc) is 2.37. The molecule has 0 saturated carbocycles. The van der Waals surface area contributed by atoms with Crippen molar-refractivity contribution < 1.29 is 14.4 Å². The van der Waals surface area contributed by atoms with E-state index >= 15 is 0 Å². The average molecular weight is 314 g/mol. The van der Waals surface area contributed by atoms with Gasteiger partial charge in [-0.1, -0.05) is 18.6 Å². The Kier molecular flexibility index (Phi) is 10.7. The zero-order chi connectivity index (χ0) is 16.3. The fourth-order valence-corrected chi connectivity index (χ4v) is 1.94. The Hall–Kier alpha value is -1.30. The normalized spacial score (nSPS) is 11.6. The first kappa shape index (κ1) is 19.7. The third-order valence-electron chi connectivity index (χ3n) is 3.07. The van der Waals surface area contributed by atoms with Crippen LogP contribution in [-0.4, -0.2) is 35.0 Å². The second-order valence-corrected chi connectivity index (χ2v) is 5.88. The minimum atomic E-state index is -0.541. The van der Waals surface area contributed by atoms with Crippen LogP contribution in [0.4, 0.5) is 0 Å². The molecule has 0 radical (unpaired) electrons. The number of thiocarbonyl (C=S) groups is 1. The highest BCUT2D eigenvalue weighted by Gasteiger charge is 2.17. The van der Waals surface area contributed by atoms with Crippen LogP contribution in [-0.2, 0) is 14.4 Å². The Morgan fingerprint density at radius 1 is 1.00 bits per heavy atom. The van der Waals surface area contributed by atoms with Gasteiger partial charge in [0, 0.05) is 19.4 Å². The van der Waals surface area contributed by atoms with E-state index in [0.717, 1.165) is 30.8 Å². The van der Waals surface area contributed by atoms with Crippen molar-refractivity contribution in [2.45, 2.75) is 65.3 Å². The third kappa shape index (κ3) is 12.2. The lowest BCUT2D eigenvalue weighted by Crippen LogP contribution is -2.39. The van der Waals surface area contributed by atoms with Crippen LogP contribution in [0.5, 0.6) is 0 Å². The van der Waals surface area contributed by atoms with Crippen molar-refractivity contribution >= 4 is 34.7 Å². The molecular weight excluding hydrogens is 288 g/mol. The van der Waals surface area contributed by atoms with Gasteiger partial charge in [0.1, 0.15) is 5.78 Å². The molecule has 21 heavy (non-hydrogen) atoms. The molecular formula is C15H26N2O3S. The fraction of sp³-hybridized carbons (Fsp3) is 0.733. The second-order valence-electron chi connectivity index (χ2n) is 5.27. The molecule has 0 spiro atoms. The van der Waals surface area contributed by atoms with Crippen molar-refractivity contribution in [1.29, 1.82) is 0 Å². The lowest BCUT2D eigenvalue weighted by Gasteiger charge is -2.15. The molecule has 0 aliphatic carbocycles. The maximum Gasteiger partial charge on any atom is 0.220 e. The highest BCUT2D eigenvalue weighted by atomic mass is 32.1. The minimum absolute atomic E-state index is 0.0248. The van der Waals surface area contributed by atoms with E-state index < -0.39 is 6.04 Å². The molecule has 1 atom stereocenters. The Morgan fingerprint density at radius 3 is 2.19 bits per heavy atom. The molecule has 0 rings (SSSR count). The summed E-state index contributed by atoms with van der Waals surface area (Å²) in [7, 11) is 0. The summed E-state index contributed by atoms with van der Waals surface area (Å²) in [5, 5.41) is 5.77. The van der Waals surface area contributed by atoms with Gasteiger partial charge >= 0.3 is 0 Å². The summed E-state index contributed by atoms with van der Waals surface area (Å²) < 4.78 is 0. The van der Waals surface area contributed by atoms with Crippen LogP contribution < -0.4 is 10.6 Å². The topological polar surface area (TPSA) is 75.3 Å². The molecule has 0 saturated heterocycles. The summed E-state index contributed by atoms with van der Waals surface area (Å²) in [6.07, 6.45) is 3.77. The van der Waals surface area contributed by atoms with Gasteiger partial charge in [-0.2, -0.15) is 0 Å². The summed E-state index contributed by atoms with van der Waals surface area (Å²) in [5.41, 5.74) is 0. The monoisotopic (exact) mass is 314 g/mol. The molecule has 5 nitrogen and oxygen atoms in total. The quantitative estimate of drug-likeness (QED) is 0.450. The van der Waals surface area contributed by atoms with Crippen LogP contribution in [0.2, 0.25) is 0 Å². The Balaban J connectivity index is 3.85. The first-order chi connectivity index (χ1) is 9.82. The highest BCUT2D eigenvalue weighted by Crippen LogP contribution is 2.03. The van der Waals surface area contributed by atoms with Gasteiger partial charge < -0.3 is 15.4 Å². The summed E-state index contributed by atoms with van der Waals surface area (Å²) >= 11 is 4.90. The van der Waals surface area contributed by atoms with Crippen LogP contribution in [0.25, 0.3) is 0 Å². The van der Waals surface area contributed by atoms with Gasteiger partial charge in [0.25, 0.3) is 0 Å². The molecule has 0 aromatic carbocycles. The van der Waals surface area contributed by atoms with Crippen LogP contribution in [0.15, 0.2) is 0 Å². The maximum atomic E-state index is 11.8. The molecule has 0 aromatic rings. The van der Waals surface area contributed by atoms with Gasteiger partial charge in [0.15, 0.2) is 5.78 Å². The van der Waals surface area contributed by atoms with E-state index in [0.29, 0.717) is 19.3 Å². The Labute approximate surface area is 132 Å². The minimum Gasteiger partial charge on any atom is -0.380 e. The highest BCUT2D eigenvalue weighted by molar-refractivity contribution is 7.80. The summed E-state index contributed by atoms with van der Waals surface area (Å²) in [6.45, 7) is 5.58. The molecule has 0 aromatic heterocycles. The SMILES string of the molecule is CC(=O)CCC(NC(=O)CCCCCNC(C)=S)C(C)=O. The van der Waals surface area contributed by atoms with Crippen molar-refractivity contribution in [3.63, 3.8) is 0 Å². The van der Waals surface area contributed by atoms with E-state index in [1.807, 2.05) is 6.92 Å². The number of hydrogen-bond acceptors (Lipinski definition) is 4. The molecule has 120 valence electrons. The molecule has 1 unspecified atom stereocenters. The Morgan fingerprint density at radius 2 is 1.67 bits per heavy atom. The first-order valence-corrected chi connectivity index (χ1v) is 7.77. The van der Waals surface area contributed by atoms with Gasteiger partial charge in [-0.3, -0.25) is 9.59 Å². The van der Waals surface area contributed by atoms with Crippen LogP contribution in [0, 0.1) is 0 Å². The second kappa shape index (κ2) is 11.4. The molecule has 6 heteroatoms. The van der Waals surface area contributed by atoms with Gasteiger partial charge in [0.2, 0.25) is 5.91 Å². The van der Waals surface area contributed by atoms with Gasteiger partial charge in [-0.15, -0.1) is 0 Å². The number of hydrogen-bond donors (Lipinski definition) is 2. The summed E-state index contributed by atoms with van der Waals surface area (Å²) in [4.78, 5) is 34.9. The number of unbranched alkanes of at least 4 members (excludes halogenated alkanes) is 2. The number of carbonyl (C=O) groups excluding carboxylic acids is 3. The molecule has 0 bridgehead atoms. The fourth-order valence-electron chi connectivity index (χ4n) is 1.84. The van der Waals surface area contributed by atoms with Gasteiger partial charge in [-0.05, 0) is 40.0 Å². The molecule has 0 heterocycles. The molecule has 1 amide bonds. The number of Topliss-reactive ketones (excluding diaryl/α,β-unsaturated/α-hetero) is 2. The van der Waals surface area contributed by atoms with Crippen molar-refractivity contribution in [2.24, 2.45) is 0 Å². The standard InChI is InChI=1S/C15H26N2O3S/c1-11(18)8-9-14(12(2)19)17-15(20)7-5-4-6-10-16-13(3)21/h14H,4-10H2,1-3H3,(H,16,21)(H,17,20). The third-order valence-corrected chi connectivity index (χ3v) is 3.21. The van der Waals surface area contributed by atoms with E-state index in [1.165, 1.54) is 13.8 Å². The Bertz CT molecular complexity index is 383. The largest absolute Gasteiger partial charge is 0.380 e. The van der Waals surface area contributed by atoms with Crippen LogP contribution in [0.1, 0.15) is 59.3 Å². The number of amides is 1. The lowest BCUT2D eigenvalue weighted by molar-refractivity contribution is -0.127. The lowest BCUT2D eigenvalue weighted by atomic mass is 10.1. The van der Waals surface area contributed by atoms with Gasteiger partial charge in [-0.25, -0.2) is 0 Å². The van der Waals surface area contributed by atoms with E-state index in [-0.39, 0.29) is 17.5 Å². The van der Waals surface area contributed by atoms with E-state index in [9.17, 15) is 14.4 Å². The van der Waals surface area contributed by atoms with Crippen LogP contribution >= 0.6 is 12.2 Å². The van der Waals surface area contributed by atoms with E-state index in [4.69, 9.17) is 12.2 Å². The predicted octanol–water partition coefficient (Wildman–Crippen LogP) is 1.93. The summed E-state index contributed by atoms with van der Waals surface area (Å²) in [6, 6.07) is -0.541. The van der Waals surface area contributed by atoms with Crippen molar-refractivity contribution in [1.82, 2.24) is 10.6 Å². The maximum absolute atomic E-state index is 11.8. The molecule has 0 aliphatic heterocycles. The van der Waals surface area contributed by atoms with E-state index in [1.54, 1.807) is 0 Å². The predicted molar refractivity (Wildman–Crippen MR) is 87.3 cm³/mol. The molecule has 0 aliphatic rings. The number of ketones is 2. The number of rotatable bonds is 11. The zero-order valence-electron chi connectivity index (χ0n) is 13.2. The molecule has 2 N–H and O–H groups in total. The van der Waals surface area contributed by atoms with Gasteiger partial charge in [0.05, 0.1) is 11.0 Å². The first-order valence-electron chi connectivity index (χ1n) is 7.36. The number of nitrogens with one attached hydrogen (secondary N) is 2. The zero-order valence-corrected chi connectivity index (χ0v) is 14.0. The summed E-state index contributed by atoms with van der Waals surface area (Å²) in [5.74, 6) is -0.209. The van der Waals surface area contributed by atoms with E-state index in [2.05, 4.69) is 10.6 Å². The van der Waals surface area contributed by atoms with Crippen molar-refractivity contribution in [3.05, 3.63) is 0 Å².